The molecule has 0 aliphatic carbocycles. The van der Waals surface area contributed by atoms with E-state index in [-0.39, 0.29) is 12.1 Å². The number of para-hydroxylation sites is 1. The Hall–Kier alpha value is -2.56. The van der Waals surface area contributed by atoms with Gasteiger partial charge in [0.1, 0.15) is 5.75 Å². The molecular weight excluding hydrogens is 290 g/mol. The first-order chi connectivity index (χ1) is 11.3. The third-order valence-electron chi connectivity index (χ3n) is 4.22. The quantitative estimate of drug-likeness (QED) is 0.942. The van der Waals surface area contributed by atoms with Gasteiger partial charge in [0.05, 0.1) is 7.11 Å². The number of anilines is 1. The van der Waals surface area contributed by atoms with Crippen molar-refractivity contribution in [2.75, 3.05) is 19.0 Å². The molecule has 5 heteroatoms. The number of nitrogens with zero attached hydrogens (tertiary/aromatic N) is 2. The molecule has 0 unspecified atom stereocenters. The Bertz CT molecular complexity index is 660. The molecule has 2 aromatic rings. The molecule has 1 aliphatic heterocycles. The van der Waals surface area contributed by atoms with Crippen molar-refractivity contribution < 1.29 is 9.53 Å². The zero-order valence-electron chi connectivity index (χ0n) is 13.2. The second-order valence-electron chi connectivity index (χ2n) is 5.67. The minimum absolute atomic E-state index is 0.0476. The minimum atomic E-state index is -0.0476. The van der Waals surface area contributed by atoms with Crippen molar-refractivity contribution >= 4 is 11.7 Å². The number of amides is 2. The fraction of sp³-hybridized carbons (Fsp3) is 0.333. The fourth-order valence-electron chi connectivity index (χ4n) is 3.07. The third-order valence-corrected chi connectivity index (χ3v) is 4.22. The first-order valence-corrected chi connectivity index (χ1v) is 7.87. The van der Waals surface area contributed by atoms with Gasteiger partial charge in [0.15, 0.2) is 0 Å². The molecule has 0 saturated carbocycles. The van der Waals surface area contributed by atoms with Crippen LogP contribution in [0.1, 0.15) is 18.4 Å². The van der Waals surface area contributed by atoms with Crippen LogP contribution in [0.2, 0.25) is 0 Å². The maximum Gasteiger partial charge on any atom is 0.322 e. The molecule has 120 valence electrons. The van der Waals surface area contributed by atoms with Crippen LogP contribution in [0.5, 0.6) is 5.75 Å². The number of hydrogen-bond donors (Lipinski definition) is 1. The molecule has 0 spiro atoms. The molecule has 1 aromatic heterocycles. The van der Waals surface area contributed by atoms with Crippen molar-refractivity contribution in [3.05, 3.63) is 54.4 Å². The lowest BCUT2D eigenvalue weighted by atomic mass is 10.0. The van der Waals surface area contributed by atoms with Crippen LogP contribution in [0.25, 0.3) is 0 Å². The molecule has 23 heavy (non-hydrogen) atoms. The molecule has 0 radical (unpaired) electrons. The van der Waals surface area contributed by atoms with Crippen LogP contribution in [0.4, 0.5) is 10.5 Å². The van der Waals surface area contributed by atoms with Gasteiger partial charge in [0.2, 0.25) is 0 Å². The summed E-state index contributed by atoms with van der Waals surface area (Å²) in [5, 5.41) is 2.94. The van der Waals surface area contributed by atoms with E-state index >= 15 is 0 Å². The maximum atomic E-state index is 12.5. The Morgan fingerprint density at radius 2 is 2.09 bits per heavy atom. The summed E-state index contributed by atoms with van der Waals surface area (Å²) in [6.45, 7) is 0.788. The van der Waals surface area contributed by atoms with Crippen molar-refractivity contribution in [2.24, 2.45) is 0 Å². The van der Waals surface area contributed by atoms with Gasteiger partial charge in [-0.05, 0) is 43.0 Å². The van der Waals surface area contributed by atoms with Crippen molar-refractivity contribution in [2.45, 2.75) is 25.3 Å². The van der Waals surface area contributed by atoms with Gasteiger partial charge in [-0.1, -0.05) is 18.2 Å². The Kier molecular flexibility index (Phi) is 4.76. The molecule has 5 nitrogen and oxygen atoms in total. The fourth-order valence-corrected chi connectivity index (χ4v) is 3.07. The number of rotatable bonds is 4. The van der Waals surface area contributed by atoms with E-state index in [0.717, 1.165) is 42.8 Å². The number of aromatic nitrogens is 1. The average Bonchev–Trinajstić information content (AvgIpc) is 3.04. The molecule has 1 fully saturated rings. The number of urea groups is 1. The summed E-state index contributed by atoms with van der Waals surface area (Å²) in [5.74, 6) is 0.883. The Balaban J connectivity index is 1.69. The van der Waals surface area contributed by atoms with Gasteiger partial charge in [-0.15, -0.1) is 0 Å². The molecule has 3 rings (SSSR count). The second kappa shape index (κ2) is 7.13. The van der Waals surface area contributed by atoms with Gasteiger partial charge in [0, 0.05) is 30.7 Å². The van der Waals surface area contributed by atoms with E-state index in [2.05, 4.69) is 16.4 Å². The molecular formula is C18H21N3O2. The van der Waals surface area contributed by atoms with Crippen LogP contribution in [0.3, 0.4) is 0 Å². The molecule has 1 atom stereocenters. The van der Waals surface area contributed by atoms with Gasteiger partial charge in [-0.25, -0.2) is 4.79 Å². The number of pyridine rings is 1. The van der Waals surface area contributed by atoms with E-state index in [9.17, 15) is 4.79 Å². The lowest BCUT2D eigenvalue weighted by Gasteiger charge is -2.25. The smallest absolute Gasteiger partial charge is 0.322 e. The highest BCUT2D eigenvalue weighted by Gasteiger charge is 2.29. The number of benzene rings is 1. The van der Waals surface area contributed by atoms with Crippen LogP contribution in [-0.2, 0) is 6.42 Å². The topological polar surface area (TPSA) is 54.5 Å². The standard InChI is InChI=1S/C18H21N3O2/c1-23-17-7-3-2-5-14(17)13-16-6-4-12-21(16)18(22)20-15-8-10-19-11-9-15/h2-3,5,7-11,16H,4,6,12-13H2,1H3,(H,19,20,22)/t16-/m1/s1. The highest BCUT2D eigenvalue weighted by molar-refractivity contribution is 5.89. The summed E-state index contributed by atoms with van der Waals surface area (Å²) < 4.78 is 5.42. The summed E-state index contributed by atoms with van der Waals surface area (Å²) >= 11 is 0. The monoisotopic (exact) mass is 311 g/mol. The van der Waals surface area contributed by atoms with Gasteiger partial charge < -0.3 is 15.0 Å². The summed E-state index contributed by atoms with van der Waals surface area (Å²) in [4.78, 5) is 18.4. The van der Waals surface area contributed by atoms with Crippen LogP contribution in [0, 0.1) is 0 Å². The molecule has 2 amide bonds. The van der Waals surface area contributed by atoms with Gasteiger partial charge in [-0.2, -0.15) is 0 Å². The van der Waals surface area contributed by atoms with Crippen molar-refractivity contribution in [3.8, 4) is 5.75 Å². The van der Waals surface area contributed by atoms with Crippen LogP contribution < -0.4 is 10.1 Å². The zero-order valence-corrected chi connectivity index (χ0v) is 13.2. The molecule has 0 bridgehead atoms. The van der Waals surface area contributed by atoms with E-state index < -0.39 is 0 Å². The van der Waals surface area contributed by atoms with E-state index in [1.54, 1.807) is 31.6 Å². The Morgan fingerprint density at radius 3 is 2.87 bits per heavy atom. The molecule has 1 saturated heterocycles. The number of ether oxygens (including phenoxy) is 1. The molecule has 2 heterocycles. The second-order valence-corrected chi connectivity index (χ2v) is 5.67. The summed E-state index contributed by atoms with van der Waals surface area (Å²) in [7, 11) is 1.68. The van der Waals surface area contributed by atoms with Gasteiger partial charge in [-0.3, -0.25) is 4.98 Å². The van der Waals surface area contributed by atoms with Gasteiger partial charge in [0.25, 0.3) is 0 Å². The van der Waals surface area contributed by atoms with E-state index in [4.69, 9.17) is 4.74 Å². The number of carbonyl (C=O) groups excluding carboxylic acids is 1. The lowest BCUT2D eigenvalue weighted by molar-refractivity contribution is 0.206. The highest BCUT2D eigenvalue weighted by atomic mass is 16.5. The predicted octanol–water partition coefficient (Wildman–Crippen LogP) is 3.33. The predicted molar refractivity (Wildman–Crippen MR) is 89.7 cm³/mol. The van der Waals surface area contributed by atoms with E-state index in [1.807, 2.05) is 23.1 Å². The van der Waals surface area contributed by atoms with Crippen molar-refractivity contribution in [1.82, 2.24) is 9.88 Å². The Morgan fingerprint density at radius 1 is 1.30 bits per heavy atom. The maximum absolute atomic E-state index is 12.5. The van der Waals surface area contributed by atoms with Gasteiger partial charge >= 0.3 is 6.03 Å². The van der Waals surface area contributed by atoms with Crippen LogP contribution in [-0.4, -0.2) is 35.6 Å². The minimum Gasteiger partial charge on any atom is -0.496 e. The number of nitrogens with one attached hydrogen (secondary N) is 1. The first-order valence-electron chi connectivity index (χ1n) is 7.87. The number of carbonyl (C=O) groups is 1. The van der Waals surface area contributed by atoms with Crippen LogP contribution in [0.15, 0.2) is 48.8 Å². The van der Waals surface area contributed by atoms with Crippen molar-refractivity contribution in [1.29, 1.82) is 0 Å². The molecule has 1 N–H and O–H groups in total. The van der Waals surface area contributed by atoms with Crippen LogP contribution >= 0.6 is 0 Å². The number of likely N-dealkylation sites (tertiary alicyclic amines) is 1. The number of hydrogen-bond acceptors (Lipinski definition) is 3. The number of methoxy groups -OCH3 is 1. The lowest BCUT2D eigenvalue weighted by Crippen LogP contribution is -2.39. The summed E-state index contributed by atoms with van der Waals surface area (Å²) in [5.41, 5.74) is 1.91. The van der Waals surface area contributed by atoms with E-state index in [1.165, 1.54) is 0 Å². The highest BCUT2D eigenvalue weighted by Crippen LogP contribution is 2.26. The SMILES string of the molecule is COc1ccccc1C[C@H]1CCCN1C(=O)Nc1ccncc1. The Labute approximate surface area is 136 Å². The summed E-state index contributed by atoms with van der Waals surface area (Å²) in [6.07, 6.45) is 6.21. The molecule has 1 aliphatic rings. The largest absolute Gasteiger partial charge is 0.496 e. The van der Waals surface area contributed by atoms with Crippen molar-refractivity contribution in [3.63, 3.8) is 0 Å². The normalized spacial score (nSPS) is 17.1. The summed E-state index contributed by atoms with van der Waals surface area (Å²) in [6, 6.07) is 11.7. The third kappa shape index (κ3) is 3.62. The first kappa shape index (κ1) is 15.3. The van der Waals surface area contributed by atoms with E-state index in [0.29, 0.717) is 0 Å². The molecule has 1 aromatic carbocycles. The zero-order chi connectivity index (χ0) is 16.1. The average molecular weight is 311 g/mol.